The third kappa shape index (κ3) is 2.50. The summed E-state index contributed by atoms with van der Waals surface area (Å²) in [5.74, 6) is -1.57. The Morgan fingerprint density at radius 3 is 2.24 bits per heavy atom. The molecule has 0 saturated carbocycles. The van der Waals surface area contributed by atoms with Gasteiger partial charge in [0.1, 0.15) is 0 Å². The largest absolute Gasteiger partial charge is 0.478 e. The van der Waals surface area contributed by atoms with E-state index in [-0.39, 0.29) is 5.56 Å². The Morgan fingerprint density at radius 1 is 1.19 bits per heavy atom. The molecule has 0 unspecified atom stereocenters. The lowest BCUT2D eigenvalue weighted by molar-refractivity contribution is 0.0696. The van der Waals surface area contributed by atoms with Crippen LogP contribution in [-0.4, -0.2) is 11.1 Å². The second-order valence-corrected chi connectivity index (χ2v) is 4.79. The van der Waals surface area contributed by atoms with E-state index >= 15 is 0 Å². The number of benzene rings is 1. The number of nitrogens with one attached hydrogen (secondary N) is 1. The maximum atomic E-state index is 11.1. The lowest BCUT2D eigenvalue weighted by Gasteiger charge is -2.26. The number of aromatic carboxylic acids is 1. The number of carboxylic acid groups (broad SMARTS) is 1. The Hall–Kier alpha value is -3.05. The number of carboxylic acids is 1. The van der Waals surface area contributed by atoms with Gasteiger partial charge in [0.15, 0.2) is 0 Å². The maximum absolute atomic E-state index is 11.1. The summed E-state index contributed by atoms with van der Waals surface area (Å²) in [5, 5.41) is 30.9. The van der Waals surface area contributed by atoms with Crippen LogP contribution in [0.1, 0.15) is 35.7 Å². The minimum atomic E-state index is -1.04. The zero-order chi connectivity index (χ0) is 15.6. The summed E-state index contributed by atoms with van der Waals surface area (Å²) >= 11 is 0. The summed E-state index contributed by atoms with van der Waals surface area (Å²) < 4.78 is 0. The van der Waals surface area contributed by atoms with Gasteiger partial charge in [-0.15, -0.1) is 0 Å². The number of nitriles is 2. The molecule has 2 rings (SSSR count). The van der Waals surface area contributed by atoms with Crippen LogP contribution in [0.5, 0.6) is 0 Å². The molecule has 5 heteroatoms. The van der Waals surface area contributed by atoms with Gasteiger partial charge in [-0.3, -0.25) is 0 Å². The smallest absolute Gasteiger partial charge is 0.335 e. The number of allylic oxidation sites excluding steroid dienone is 4. The second kappa shape index (κ2) is 5.52. The number of hydrogen-bond donors (Lipinski definition) is 2. The van der Waals surface area contributed by atoms with Crippen LogP contribution in [0.15, 0.2) is 46.8 Å². The molecule has 0 aliphatic carbocycles. The molecule has 0 fully saturated rings. The summed E-state index contributed by atoms with van der Waals surface area (Å²) in [5.41, 5.74) is 2.98. The molecule has 21 heavy (non-hydrogen) atoms. The highest BCUT2D eigenvalue weighted by Crippen LogP contribution is 2.37. The van der Waals surface area contributed by atoms with Crippen molar-refractivity contribution in [1.29, 1.82) is 10.5 Å². The number of nitrogens with zero attached hydrogens (tertiary/aromatic N) is 2. The Bertz CT molecular complexity index is 724. The topological polar surface area (TPSA) is 96.9 Å². The van der Waals surface area contributed by atoms with E-state index in [0.717, 1.165) is 0 Å². The average molecular weight is 279 g/mol. The van der Waals surface area contributed by atoms with Gasteiger partial charge in [0.05, 0.1) is 34.8 Å². The third-order valence-corrected chi connectivity index (χ3v) is 3.47. The molecule has 1 aromatic carbocycles. The van der Waals surface area contributed by atoms with Crippen LogP contribution in [0, 0.1) is 22.7 Å². The molecule has 104 valence electrons. The fourth-order valence-corrected chi connectivity index (χ4v) is 2.47. The maximum Gasteiger partial charge on any atom is 0.335 e. The highest BCUT2D eigenvalue weighted by atomic mass is 16.4. The van der Waals surface area contributed by atoms with E-state index in [1.54, 1.807) is 26.0 Å². The molecule has 1 aliphatic rings. The van der Waals surface area contributed by atoms with E-state index in [9.17, 15) is 15.3 Å². The molecular formula is C16H13N3O2. The minimum absolute atomic E-state index is 0.135. The van der Waals surface area contributed by atoms with Crippen molar-refractivity contribution in [3.05, 3.63) is 57.9 Å². The highest BCUT2D eigenvalue weighted by molar-refractivity contribution is 5.87. The van der Waals surface area contributed by atoms with Gasteiger partial charge in [-0.1, -0.05) is 12.1 Å². The Morgan fingerprint density at radius 2 is 1.76 bits per heavy atom. The number of hydrogen-bond acceptors (Lipinski definition) is 4. The molecule has 0 atom stereocenters. The number of carbonyl (C=O) groups is 1. The molecule has 0 bridgehead atoms. The van der Waals surface area contributed by atoms with Crippen LogP contribution in [0.4, 0.5) is 0 Å². The fraction of sp³-hybridized carbons (Fsp3) is 0.188. The molecule has 1 heterocycles. The predicted molar refractivity (Wildman–Crippen MR) is 75.9 cm³/mol. The normalized spacial score (nSPS) is 15.2. The van der Waals surface area contributed by atoms with Crippen molar-refractivity contribution < 1.29 is 9.90 Å². The SMILES string of the molecule is CC1=C(C#N)C(c2cccc(C(=O)O)c2)C(C#N)=C(C)N1. The molecule has 2 N–H and O–H groups in total. The van der Waals surface area contributed by atoms with Crippen molar-refractivity contribution in [2.45, 2.75) is 19.8 Å². The summed E-state index contributed by atoms with van der Waals surface area (Å²) in [6.07, 6.45) is 0. The lowest BCUT2D eigenvalue weighted by Crippen LogP contribution is -2.23. The molecule has 0 aromatic heterocycles. The van der Waals surface area contributed by atoms with Crippen LogP contribution in [-0.2, 0) is 0 Å². The van der Waals surface area contributed by atoms with Gasteiger partial charge in [-0.05, 0) is 31.5 Å². The molecule has 5 nitrogen and oxygen atoms in total. The molecular weight excluding hydrogens is 266 g/mol. The Kier molecular flexibility index (Phi) is 3.77. The molecule has 0 saturated heterocycles. The van der Waals surface area contributed by atoms with Gasteiger partial charge >= 0.3 is 5.97 Å². The van der Waals surface area contributed by atoms with Gasteiger partial charge in [0, 0.05) is 11.4 Å². The van der Waals surface area contributed by atoms with E-state index in [0.29, 0.717) is 28.1 Å². The van der Waals surface area contributed by atoms with E-state index < -0.39 is 11.9 Å². The predicted octanol–water partition coefficient (Wildman–Crippen LogP) is 2.67. The standard InChI is InChI=1S/C16H13N3O2/c1-9-13(7-17)15(14(8-18)10(2)19-9)11-4-3-5-12(6-11)16(20)21/h3-6,15,19H,1-2H3,(H,20,21). The molecule has 0 spiro atoms. The first-order valence-electron chi connectivity index (χ1n) is 6.31. The third-order valence-electron chi connectivity index (χ3n) is 3.47. The van der Waals surface area contributed by atoms with Crippen LogP contribution < -0.4 is 5.32 Å². The Balaban J connectivity index is 2.65. The molecule has 1 aromatic rings. The monoisotopic (exact) mass is 279 g/mol. The van der Waals surface area contributed by atoms with E-state index in [1.165, 1.54) is 12.1 Å². The Labute approximate surface area is 122 Å². The van der Waals surface area contributed by atoms with Gasteiger partial charge in [0.25, 0.3) is 0 Å². The van der Waals surface area contributed by atoms with Crippen molar-refractivity contribution in [3.63, 3.8) is 0 Å². The first-order chi connectivity index (χ1) is 9.99. The van der Waals surface area contributed by atoms with Crippen molar-refractivity contribution >= 4 is 5.97 Å². The summed E-state index contributed by atoms with van der Waals surface area (Å²) in [7, 11) is 0. The molecule has 0 amide bonds. The van der Waals surface area contributed by atoms with Crippen molar-refractivity contribution in [1.82, 2.24) is 5.32 Å². The number of rotatable bonds is 2. The minimum Gasteiger partial charge on any atom is -0.478 e. The van der Waals surface area contributed by atoms with Gasteiger partial charge in [-0.25, -0.2) is 4.79 Å². The fourth-order valence-electron chi connectivity index (χ4n) is 2.47. The van der Waals surface area contributed by atoms with E-state index in [4.69, 9.17) is 5.11 Å². The van der Waals surface area contributed by atoms with E-state index in [1.807, 2.05) is 0 Å². The first kappa shape index (κ1) is 14.4. The van der Waals surface area contributed by atoms with E-state index in [2.05, 4.69) is 17.5 Å². The van der Waals surface area contributed by atoms with Gasteiger partial charge in [-0.2, -0.15) is 10.5 Å². The van der Waals surface area contributed by atoms with Crippen molar-refractivity contribution in [2.75, 3.05) is 0 Å². The van der Waals surface area contributed by atoms with Crippen LogP contribution >= 0.6 is 0 Å². The average Bonchev–Trinajstić information content (AvgIpc) is 2.46. The second-order valence-electron chi connectivity index (χ2n) is 4.79. The molecule has 1 aliphatic heterocycles. The lowest BCUT2D eigenvalue weighted by atomic mass is 9.81. The van der Waals surface area contributed by atoms with Crippen LogP contribution in [0.3, 0.4) is 0 Å². The quantitative estimate of drug-likeness (QED) is 0.867. The van der Waals surface area contributed by atoms with Crippen LogP contribution in [0.2, 0.25) is 0 Å². The zero-order valence-corrected chi connectivity index (χ0v) is 11.6. The summed E-state index contributed by atoms with van der Waals surface area (Å²) in [4.78, 5) is 11.1. The van der Waals surface area contributed by atoms with Gasteiger partial charge < -0.3 is 10.4 Å². The first-order valence-corrected chi connectivity index (χ1v) is 6.31. The van der Waals surface area contributed by atoms with Crippen molar-refractivity contribution in [3.8, 4) is 12.1 Å². The zero-order valence-electron chi connectivity index (χ0n) is 11.6. The molecule has 0 radical (unpaired) electrons. The van der Waals surface area contributed by atoms with Gasteiger partial charge in [0.2, 0.25) is 0 Å². The number of dihydropyridines is 1. The highest BCUT2D eigenvalue weighted by Gasteiger charge is 2.29. The van der Waals surface area contributed by atoms with Crippen LogP contribution in [0.25, 0.3) is 0 Å². The summed E-state index contributed by atoms with van der Waals surface area (Å²) in [6.45, 7) is 3.54. The summed E-state index contributed by atoms with van der Waals surface area (Å²) in [6, 6.07) is 10.6. The van der Waals surface area contributed by atoms with Crippen molar-refractivity contribution in [2.24, 2.45) is 0 Å².